The van der Waals surface area contributed by atoms with Crippen LogP contribution in [0.5, 0.6) is 0 Å². The first kappa shape index (κ1) is 12.1. The standard InChI is InChI=1S/C12H16N2S/c1-3-5-12(14-13)10-6-8-11(9-7-10)15-4-2/h1,6-9,12,14H,4-5,13H2,2H3. The van der Waals surface area contributed by atoms with E-state index in [4.69, 9.17) is 12.3 Å². The van der Waals surface area contributed by atoms with Crippen LogP contribution in [-0.4, -0.2) is 5.75 Å². The van der Waals surface area contributed by atoms with E-state index in [1.807, 2.05) is 11.8 Å². The lowest BCUT2D eigenvalue weighted by Crippen LogP contribution is -2.27. The molecule has 0 fully saturated rings. The molecule has 0 heterocycles. The van der Waals surface area contributed by atoms with Crippen LogP contribution in [0.2, 0.25) is 0 Å². The van der Waals surface area contributed by atoms with Crippen molar-refractivity contribution in [3.8, 4) is 12.3 Å². The van der Waals surface area contributed by atoms with Gasteiger partial charge in [0.1, 0.15) is 0 Å². The van der Waals surface area contributed by atoms with E-state index in [1.54, 1.807) is 0 Å². The fraction of sp³-hybridized carbons (Fsp3) is 0.333. The minimum Gasteiger partial charge on any atom is -0.271 e. The molecule has 0 bridgehead atoms. The number of hydrogen-bond donors (Lipinski definition) is 2. The molecular weight excluding hydrogens is 204 g/mol. The van der Waals surface area contributed by atoms with Gasteiger partial charge in [0.15, 0.2) is 0 Å². The van der Waals surface area contributed by atoms with Gasteiger partial charge in [0.05, 0.1) is 6.04 Å². The molecule has 0 aromatic heterocycles. The van der Waals surface area contributed by atoms with Crippen LogP contribution in [0.3, 0.4) is 0 Å². The van der Waals surface area contributed by atoms with E-state index in [1.165, 1.54) is 4.90 Å². The summed E-state index contributed by atoms with van der Waals surface area (Å²) in [4.78, 5) is 1.28. The smallest absolute Gasteiger partial charge is 0.0569 e. The van der Waals surface area contributed by atoms with Crippen molar-refractivity contribution in [3.63, 3.8) is 0 Å². The molecule has 0 radical (unpaired) electrons. The molecule has 0 spiro atoms. The lowest BCUT2D eigenvalue weighted by Gasteiger charge is -2.13. The average Bonchev–Trinajstić information content (AvgIpc) is 2.28. The molecule has 0 amide bonds. The second-order valence-corrected chi connectivity index (χ2v) is 4.47. The molecule has 3 heteroatoms. The molecule has 0 aliphatic rings. The maximum atomic E-state index is 5.44. The van der Waals surface area contributed by atoms with Crippen molar-refractivity contribution in [1.82, 2.24) is 5.43 Å². The Hall–Kier alpha value is -0.950. The van der Waals surface area contributed by atoms with E-state index in [-0.39, 0.29) is 6.04 Å². The van der Waals surface area contributed by atoms with E-state index in [2.05, 4.69) is 42.5 Å². The van der Waals surface area contributed by atoms with Gasteiger partial charge in [-0.2, -0.15) is 0 Å². The normalized spacial score (nSPS) is 12.1. The topological polar surface area (TPSA) is 38.0 Å². The molecular formula is C12H16N2S. The summed E-state index contributed by atoms with van der Waals surface area (Å²) < 4.78 is 0. The zero-order chi connectivity index (χ0) is 11.1. The summed E-state index contributed by atoms with van der Waals surface area (Å²) in [6, 6.07) is 8.39. The van der Waals surface area contributed by atoms with Gasteiger partial charge < -0.3 is 0 Å². The second-order valence-electron chi connectivity index (χ2n) is 3.13. The highest BCUT2D eigenvalue weighted by Gasteiger charge is 2.07. The Bertz CT molecular complexity index is 326. The van der Waals surface area contributed by atoms with Gasteiger partial charge in [-0.3, -0.25) is 11.3 Å². The quantitative estimate of drug-likeness (QED) is 0.346. The van der Waals surface area contributed by atoms with E-state index in [0.29, 0.717) is 6.42 Å². The van der Waals surface area contributed by atoms with Crippen LogP contribution in [-0.2, 0) is 0 Å². The number of benzene rings is 1. The zero-order valence-corrected chi connectivity index (χ0v) is 9.68. The third-order valence-corrected chi connectivity index (χ3v) is 3.01. The average molecular weight is 220 g/mol. The highest BCUT2D eigenvalue weighted by Crippen LogP contribution is 2.21. The Balaban J connectivity index is 2.73. The lowest BCUT2D eigenvalue weighted by atomic mass is 10.1. The number of hydrogen-bond acceptors (Lipinski definition) is 3. The molecule has 1 atom stereocenters. The van der Waals surface area contributed by atoms with Crippen molar-refractivity contribution in [3.05, 3.63) is 29.8 Å². The summed E-state index contributed by atoms with van der Waals surface area (Å²) in [5.74, 6) is 9.13. The summed E-state index contributed by atoms with van der Waals surface area (Å²) in [6.45, 7) is 2.14. The number of nitrogens with one attached hydrogen (secondary N) is 1. The third kappa shape index (κ3) is 3.60. The largest absolute Gasteiger partial charge is 0.271 e. The van der Waals surface area contributed by atoms with Crippen molar-refractivity contribution >= 4 is 11.8 Å². The SMILES string of the molecule is C#CCC(NN)c1ccc(SCC)cc1. The van der Waals surface area contributed by atoms with Crippen molar-refractivity contribution in [2.24, 2.45) is 5.84 Å². The van der Waals surface area contributed by atoms with Crippen LogP contribution in [0.4, 0.5) is 0 Å². The monoisotopic (exact) mass is 220 g/mol. The van der Waals surface area contributed by atoms with E-state index < -0.39 is 0 Å². The fourth-order valence-electron chi connectivity index (χ4n) is 1.35. The Kier molecular flexibility index (Phi) is 5.27. The minimum atomic E-state index is 0.0516. The number of nitrogens with two attached hydrogens (primary N) is 1. The second kappa shape index (κ2) is 6.52. The predicted octanol–water partition coefficient (Wildman–Crippen LogP) is 2.33. The summed E-state index contributed by atoms with van der Waals surface area (Å²) in [5.41, 5.74) is 3.86. The Labute approximate surface area is 95.6 Å². The van der Waals surface area contributed by atoms with Crippen molar-refractivity contribution in [2.45, 2.75) is 24.3 Å². The fourth-order valence-corrected chi connectivity index (χ4v) is 2.02. The third-order valence-electron chi connectivity index (χ3n) is 2.12. The molecule has 80 valence electrons. The van der Waals surface area contributed by atoms with Gasteiger partial charge >= 0.3 is 0 Å². The van der Waals surface area contributed by atoms with Gasteiger partial charge in [0.2, 0.25) is 0 Å². The molecule has 0 aliphatic heterocycles. The summed E-state index contributed by atoms with van der Waals surface area (Å²) >= 11 is 1.82. The maximum absolute atomic E-state index is 5.44. The number of thioether (sulfide) groups is 1. The first-order chi connectivity index (χ1) is 7.31. The molecule has 1 rings (SSSR count). The molecule has 1 aromatic carbocycles. The highest BCUT2D eigenvalue weighted by atomic mass is 32.2. The van der Waals surface area contributed by atoms with Crippen LogP contribution in [0, 0.1) is 12.3 Å². The summed E-state index contributed by atoms with van der Waals surface area (Å²) in [5, 5.41) is 0. The van der Waals surface area contributed by atoms with Gasteiger partial charge in [-0.05, 0) is 23.4 Å². The molecule has 0 aliphatic carbocycles. The molecule has 1 aromatic rings. The van der Waals surface area contributed by atoms with Crippen LogP contribution in [0.1, 0.15) is 24.9 Å². The molecule has 3 N–H and O–H groups in total. The number of terminal acetylenes is 1. The highest BCUT2D eigenvalue weighted by molar-refractivity contribution is 7.99. The van der Waals surface area contributed by atoms with Crippen molar-refractivity contribution in [2.75, 3.05) is 5.75 Å². The molecule has 15 heavy (non-hydrogen) atoms. The first-order valence-corrected chi connectivity index (χ1v) is 5.92. The van der Waals surface area contributed by atoms with E-state index in [0.717, 1.165) is 11.3 Å². The lowest BCUT2D eigenvalue weighted by molar-refractivity contribution is 0.568. The van der Waals surface area contributed by atoms with Gasteiger partial charge in [0.25, 0.3) is 0 Å². The van der Waals surface area contributed by atoms with Crippen LogP contribution < -0.4 is 11.3 Å². The Morgan fingerprint density at radius 3 is 2.60 bits per heavy atom. The Morgan fingerprint density at radius 1 is 1.47 bits per heavy atom. The van der Waals surface area contributed by atoms with Crippen LogP contribution in [0.25, 0.3) is 0 Å². The Morgan fingerprint density at radius 2 is 2.13 bits per heavy atom. The van der Waals surface area contributed by atoms with Gasteiger partial charge in [-0.15, -0.1) is 24.1 Å². The number of hydrazine groups is 1. The zero-order valence-electron chi connectivity index (χ0n) is 8.86. The molecule has 2 nitrogen and oxygen atoms in total. The van der Waals surface area contributed by atoms with Crippen LogP contribution in [0.15, 0.2) is 29.2 Å². The van der Waals surface area contributed by atoms with E-state index in [9.17, 15) is 0 Å². The molecule has 0 saturated heterocycles. The first-order valence-electron chi connectivity index (χ1n) is 4.94. The van der Waals surface area contributed by atoms with Gasteiger partial charge in [0, 0.05) is 11.3 Å². The van der Waals surface area contributed by atoms with Crippen molar-refractivity contribution in [1.29, 1.82) is 0 Å². The minimum absolute atomic E-state index is 0.0516. The number of rotatable bonds is 5. The maximum Gasteiger partial charge on any atom is 0.0569 e. The molecule has 0 saturated carbocycles. The van der Waals surface area contributed by atoms with Crippen LogP contribution >= 0.6 is 11.8 Å². The summed E-state index contributed by atoms with van der Waals surface area (Å²) in [6.07, 6.45) is 5.88. The van der Waals surface area contributed by atoms with Gasteiger partial charge in [-0.25, -0.2) is 0 Å². The van der Waals surface area contributed by atoms with E-state index >= 15 is 0 Å². The molecule has 1 unspecified atom stereocenters. The predicted molar refractivity (Wildman–Crippen MR) is 66.4 cm³/mol. The summed E-state index contributed by atoms with van der Waals surface area (Å²) in [7, 11) is 0. The van der Waals surface area contributed by atoms with Crippen molar-refractivity contribution < 1.29 is 0 Å². The van der Waals surface area contributed by atoms with Gasteiger partial charge in [-0.1, -0.05) is 19.1 Å².